The number of benzene rings is 1. The van der Waals surface area contributed by atoms with Gasteiger partial charge >= 0.3 is 0 Å². The van der Waals surface area contributed by atoms with Gasteiger partial charge < -0.3 is 0 Å². The molecule has 0 atom stereocenters. The molecule has 0 spiro atoms. The minimum Gasteiger partial charge on any atom is -0.278 e. The van der Waals surface area contributed by atoms with Gasteiger partial charge in [0, 0.05) is 10.7 Å². The Hall–Kier alpha value is -0.810. The molecule has 0 fully saturated rings. The van der Waals surface area contributed by atoms with Gasteiger partial charge in [-0.2, -0.15) is 0 Å². The first-order valence-corrected chi connectivity index (χ1v) is 7.73. The molecular weight excluding hydrogens is 384 g/mol. The molecule has 0 aliphatic heterocycles. The van der Waals surface area contributed by atoms with Crippen LogP contribution in [-0.2, 0) is 5.88 Å². The van der Waals surface area contributed by atoms with Gasteiger partial charge in [-0.3, -0.25) is 4.57 Å². The van der Waals surface area contributed by atoms with E-state index >= 15 is 0 Å². The number of aromatic nitrogens is 3. The zero-order valence-corrected chi connectivity index (χ0v) is 13.8. The zero-order chi connectivity index (χ0) is 14.3. The molecule has 20 heavy (non-hydrogen) atoms. The van der Waals surface area contributed by atoms with Crippen molar-refractivity contribution in [3.05, 3.63) is 50.8 Å². The number of nitrogens with zero attached hydrogens (tertiary/aromatic N) is 3. The second kappa shape index (κ2) is 5.53. The maximum absolute atomic E-state index is 6.28. The van der Waals surface area contributed by atoms with Crippen LogP contribution in [0.25, 0.3) is 16.9 Å². The number of pyridine rings is 1. The lowest BCUT2D eigenvalue weighted by Gasteiger charge is -2.09. The molecule has 3 rings (SSSR count). The zero-order valence-electron chi connectivity index (χ0n) is 9.95. The first kappa shape index (κ1) is 14.1. The molecule has 2 aromatic heterocycles. The topological polar surface area (TPSA) is 30.7 Å². The fourth-order valence-electron chi connectivity index (χ4n) is 1.99. The summed E-state index contributed by atoms with van der Waals surface area (Å²) >= 11 is 21.7. The highest BCUT2D eigenvalue weighted by atomic mass is 79.9. The summed E-state index contributed by atoms with van der Waals surface area (Å²) in [6.07, 6.45) is 1.58. The lowest BCUT2D eigenvalue weighted by atomic mass is 10.3. The Morgan fingerprint density at radius 3 is 2.75 bits per heavy atom. The molecule has 3 nitrogen and oxygen atoms in total. The molecule has 0 saturated carbocycles. The largest absolute Gasteiger partial charge is 0.278 e. The van der Waals surface area contributed by atoms with Gasteiger partial charge in [0.1, 0.15) is 11.3 Å². The molecule has 0 saturated heterocycles. The molecule has 1 aromatic carbocycles. The standard InChI is InChI=1S/C13H7BrCl3N3/c14-7-1-2-9(17)11(3-7)20-12(5-15)19-10-4-8(16)6-18-13(10)20/h1-4,6H,5H2. The highest BCUT2D eigenvalue weighted by molar-refractivity contribution is 9.10. The Labute approximate surface area is 138 Å². The molecular formula is C13H7BrCl3N3. The van der Waals surface area contributed by atoms with Crippen LogP contribution < -0.4 is 0 Å². The number of alkyl halides is 1. The van der Waals surface area contributed by atoms with Gasteiger partial charge in [0.05, 0.1) is 21.6 Å². The van der Waals surface area contributed by atoms with Crippen molar-refractivity contribution in [2.45, 2.75) is 5.88 Å². The average Bonchev–Trinajstić information content (AvgIpc) is 2.78. The number of fused-ring (bicyclic) bond motifs is 1. The number of rotatable bonds is 2. The predicted octanol–water partition coefficient (Wildman–Crippen LogP) is 5.23. The molecule has 0 bridgehead atoms. The van der Waals surface area contributed by atoms with E-state index in [4.69, 9.17) is 34.8 Å². The van der Waals surface area contributed by atoms with Crippen LogP contribution in [-0.4, -0.2) is 14.5 Å². The summed E-state index contributed by atoms with van der Waals surface area (Å²) in [5.41, 5.74) is 2.13. The molecule has 0 unspecified atom stereocenters. The van der Waals surface area contributed by atoms with E-state index in [9.17, 15) is 0 Å². The van der Waals surface area contributed by atoms with Gasteiger partial charge in [0.15, 0.2) is 5.65 Å². The second-order valence-corrected chi connectivity index (χ2v) is 6.12. The summed E-state index contributed by atoms with van der Waals surface area (Å²) in [7, 11) is 0. The Bertz CT molecular complexity index is 801. The van der Waals surface area contributed by atoms with E-state index in [2.05, 4.69) is 25.9 Å². The van der Waals surface area contributed by atoms with Gasteiger partial charge in [0.2, 0.25) is 0 Å². The molecule has 2 heterocycles. The average molecular weight is 391 g/mol. The summed E-state index contributed by atoms with van der Waals surface area (Å²) < 4.78 is 2.75. The molecule has 0 amide bonds. The molecule has 0 aliphatic rings. The van der Waals surface area contributed by atoms with Crippen LogP contribution in [0.1, 0.15) is 5.82 Å². The number of hydrogen-bond donors (Lipinski definition) is 0. The smallest absolute Gasteiger partial charge is 0.164 e. The third-order valence-electron chi connectivity index (χ3n) is 2.80. The van der Waals surface area contributed by atoms with Crippen LogP contribution in [0.2, 0.25) is 10.0 Å². The van der Waals surface area contributed by atoms with Crippen LogP contribution in [0.15, 0.2) is 34.9 Å². The first-order valence-electron chi connectivity index (χ1n) is 5.64. The summed E-state index contributed by atoms with van der Waals surface area (Å²) in [6, 6.07) is 7.33. The third-order valence-corrected chi connectivity index (χ3v) is 4.06. The van der Waals surface area contributed by atoms with Gasteiger partial charge in [-0.1, -0.05) is 39.1 Å². The van der Waals surface area contributed by atoms with Crippen LogP contribution >= 0.6 is 50.7 Å². The van der Waals surface area contributed by atoms with E-state index in [1.807, 2.05) is 16.7 Å². The van der Waals surface area contributed by atoms with Crippen molar-refractivity contribution < 1.29 is 0 Å². The maximum Gasteiger partial charge on any atom is 0.164 e. The van der Waals surface area contributed by atoms with Gasteiger partial charge in [0.25, 0.3) is 0 Å². The van der Waals surface area contributed by atoms with Gasteiger partial charge in [-0.05, 0) is 24.3 Å². The second-order valence-electron chi connectivity index (χ2n) is 4.09. The summed E-state index contributed by atoms with van der Waals surface area (Å²) in [5.74, 6) is 0.910. The molecule has 0 N–H and O–H groups in total. The minimum absolute atomic E-state index is 0.247. The third kappa shape index (κ3) is 2.42. The van der Waals surface area contributed by atoms with Crippen molar-refractivity contribution in [1.82, 2.24) is 14.5 Å². The Morgan fingerprint density at radius 2 is 2.00 bits per heavy atom. The van der Waals surface area contributed by atoms with Crippen molar-refractivity contribution in [3.63, 3.8) is 0 Å². The minimum atomic E-state index is 0.247. The van der Waals surface area contributed by atoms with Crippen molar-refractivity contribution in [3.8, 4) is 5.69 Å². The van der Waals surface area contributed by atoms with Crippen molar-refractivity contribution in [2.24, 2.45) is 0 Å². The Balaban J connectivity index is 2.37. The van der Waals surface area contributed by atoms with Gasteiger partial charge in [-0.25, -0.2) is 9.97 Å². The summed E-state index contributed by atoms with van der Waals surface area (Å²) in [5, 5.41) is 1.12. The molecule has 3 aromatic rings. The Kier molecular flexibility index (Phi) is 3.91. The van der Waals surface area contributed by atoms with Crippen LogP contribution in [0.4, 0.5) is 0 Å². The van der Waals surface area contributed by atoms with E-state index in [-0.39, 0.29) is 5.88 Å². The SMILES string of the molecule is ClCc1nc2cc(Cl)cnc2n1-c1cc(Br)ccc1Cl. The normalized spacial score (nSPS) is 11.2. The van der Waals surface area contributed by atoms with Crippen molar-refractivity contribution in [1.29, 1.82) is 0 Å². The highest BCUT2D eigenvalue weighted by Crippen LogP contribution is 2.29. The van der Waals surface area contributed by atoms with Gasteiger partial charge in [-0.15, -0.1) is 11.6 Å². The van der Waals surface area contributed by atoms with E-state index in [1.54, 1.807) is 18.3 Å². The first-order chi connectivity index (χ1) is 9.60. The lowest BCUT2D eigenvalue weighted by molar-refractivity contribution is 0.969. The highest BCUT2D eigenvalue weighted by Gasteiger charge is 2.15. The van der Waals surface area contributed by atoms with E-state index in [0.717, 1.165) is 10.2 Å². The molecule has 0 radical (unpaired) electrons. The Morgan fingerprint density at radius 1 is 1.20 bits per heavy atom. The monoisotopic (exact) mass is 389 g/mol. The van der Waals surface area contributed by atoms with E-state index in [1.165, 1.54) is 0 Å². The van der Waals surface area contributed by atoms with Crippen molar-refractivity contribution in [2.75, 3.05) is 0 Å². The molecule has 0 aliphatic carbocycles. The molecule has 102 valence electrons. The van der Waals surface area contributed by atoms with Crippen LogP contribution in [0.3, 0.4) is 0 Å². The quantitative estimate of drug-likeness (QED) is 0.560. The fourth-order valence-corrected chi connectivity index (χ4v) is 2.87. The van der Waals surface area contributed by atoms with Crippen LogP contribution in [0, 0.1) is 0 Å². The lowest BCUT2D eigenvalue weighted by Crippen LogP contribution is -2.01. The predicted molar refractivity (Wildman–Crippen MR) is 86.1 cm³/mol. The number of halogens is 4. The summed E-state index contributed by atoms with van der Waals surface area (Å²) in [6.45, 7) is 0. The maximum atomic E-state index is 6.28. The van der Waals surface area contributed by atoms with Crippen LogP contribution in [0.5, 0.6) is 0 Å². The van der Waals surface area contributed by atoms with Crippen molar-refractivity contribution >= 4 is 61.9 Å². The number of hydrogen-bond acceptors (Lipinski definition) is 2. The van der Waals surface area contributed by atoms with E-state index < -0.39 is 0 Å². The fraction of sp³-hybridized carbons (Fsp3) is 0.0769. The number of imidazole rings is 1. The molecule has 7 heteroatoms. The summed E-state index contributed by atoms with van der Waals surface area (Å²) in [4.78, 5) is 8.78. The van der Waals surface area contributed by atoms with E-state index in [0.29, 0.717) is 27.0 Å².